The van der Waals surface area contributed by atoms with E-state index in [2.05, 4.69) is 19.2 Å². The molecule has 0 atom stereocenters. The second-order valence-electron chi connectivity index (χ2n) is 5.33. The Morgan fingerprint density at radius 1 is 1.12 bits per heavy atom. The van der Waals surface area contributed by atoms with Gasteiger partial charge in [0.15, 0.2) is 0 Å². The first kappa shape index (κ1) is 16.2. The molecule has 0 bridgehead atoms. The number of allylic oxidation sites excluding steroid dienone is 1. The topological polar surface area (TPSA) is 29.1 Å². The second-order valence-corrected chi connectivity index (χ2v) is 5.33. The number of amides is 1. The molecule has 0 saturated carbocycles. The predicted octanol–water partition coefficient (Wildman–Crippen LogP) is 4.21. The van der Waals surface area contributed by atoms with Crippen molar-refractivity contribution in [1.82, 2.24) is 5.32 Å². The zero-order valence-corrected chi connectivity index (χ0v) is 12.0. The first-order valence-electron chi connectivity index (χ1n) is 7.00. The van der Waals surface area contributed by atoms with Crippen molar-refractivity contribution in [3.8, 4) is 0 Å². The fraction of sp³-hybridized carbons (Fsp3) is 0.800. The molecule has 0 unspecified atom stereocenters. The van der Waals surface area contributed by atoms with Gasteiger partial charge in [-0.1, -0.05) is 45.6 Å². The summed E-state index contributed by atoms with van der Waals surface area (Å²) in [5, 5.41) is 2.99. The Balaban J connectivity index is 3.61. The van der Waals surface area contributed by atoms with Gasteiger partial charge >= 0.3 is 0 Å². The minimum atomic E-state index is -0.0947. The van der Waals surface area contributed by atoms with E-state index in [-0.39, 0.29) is 11.4 Å². The summed E-state index contributed by atoms with van der Waals surface area (Å²) in [5.41, 5.74) is -0.0947. The van der Waals surface area contributed by atoms with Crippen LogP contribution in [0.25, 0.3) is 0 Å². The first-order valence-corrected chi connectivity index (χ1v) is 7.00. The molecule has 2 nitrogen and oxygen atoms in total. The van der Waals surface area contributed by atoms with Crippen molar-refractivity contribution < 1.29 is 4.79 Å². The highest BCUT2D eigenvalue weighted by atomic mass is 16.1. The summed E-state index contributed by atoms with van der Waals surface area (Å²) in [5.74, 6) is 0.0328. The second kappa shape index (κ2) is 9.26. The fourth-order valence-corrected chi connectivity index (χ4v) is 1.52. The third-order valence-electron chi connectivity index (χ3n) is 3.09. The van der Waals surface area contributed by atoms with E-state index >= 15 is 0 Å². The smallest absolute Gasteiger partial charge is 0.244 e. The molecule has 0 aromatic carbocycles. The quantitative estimate of drug-likeness (QED) is 0.474. The van der Waals surface area contributed by atoms with Crippen LogP contribution in [0.4, 0.5) is 0 Å². The van der Waals surface area contributed by atoms with E-state index in [0.717, 1.165) is 12.8 Å². The van der Waals surface area contributed by atoms with Gasteiger partial charge in [0.25, 0.3) is 0 Å². The number of unbranched alkanes of at least 4 members (excludes halogenated alkanes) is 5. The van der Waals surface area contributed by atoms with Crippen molar-refractivity contribution in [2.75, 3.05) is 0 Å². The molecule has 0 aliphatic heterocycles. The predicted molar refractivity (Wildman–Crippen MR) is 75.0 cm³/mol. The molecule has 0 radical (unpaired) electrons. The van der Waals surface area contributed by atoms with Gasteiger partial charge in [-0.05, 0) is 39.2 Å². The molecule has 17 heavy (non-hydrogen) atoms. The minimum Gasteiger partial charge on any atom is -0.348 e. The molecule has 0 aliphatic carbocycles. The summed E-state index contributed by atoms with van der Waals surface area (Å²) in [7, 11) is 0. The third kappa shape index (κ3) is 10.1. The van der Waals surface area contributed by atoms with Gasteiger partial charge in [-0.2, -0.15) is 0 Å². The van der Waals surface area contributed by atoms with Crippen molar-refractivity contribution in [2.45, 2.75) is 78.2 Å². The highest BCUT2D eigenvalue weighted by molar-refractivity contribution is 5.87. The maximum atomic E-state index is 11.6. The van der Waals surface area contributed by atoms with Gasteiger partial charge in [0, 0.05) is 5.54 Å². The van der Waals surface area contributed by atoms with Crippen LogP contribution in [0.2, 0.25) is 0 Å². The van der Waals surface area contributed by atoms with Gasteiger partial charge in [0.2, 0.25) is 5.91 Å². The van der Waals surface area contributed by atoms with Crippen LogP contribution in [0.1, 0.15) is 72.6 Å². The molecule has 0 spiro atoms. The van der Waals surface area contributed by atoms with Gasteiger partial charge < -0.3 is 5.32 Å². The zero-order chi connectivity index (χ0) is 13.1. The number of nitrogens with one attached hydrogen (secondary N) is 1. The Kier molecular flexibility index (Phi) is 8.83. The highest BCUT2D eigenvalue weighted by Crippen LogP contribution is 2.07. The lowest BCUT2D eigenvalue weighted by Crippen LogP contribution is -2.41. The molecule has 0 fully saturated rings. The highest BCUT2D eigenvalue weighted by Gasteiger charge is 2.15. The molecule has 0 saturated heterocycles. The van der Waals surface area contributed by atoms with Crippen LogP contribution in [-0.4, -0.2) is 11.4 Å². The van der Waals surface area contributed by atoms with Crippen LogP contribution in [0, 0.1) is 0 Å². The van der Waals surface area contributed by atoms with Crippen LogP contribution >= 0.6 is 0 Å². The molecule has 100 valence electrons. The van der Waals surface area contributed by atoms with E-state index in [0.29, 0.717) is 0 Å². The van der Waals surface area contributed by atoms with Gasteiger partial charge in [0.05, 0.1) is 0 Å². The molecule has 1 N–H and O–H groups in total. The lowest BCUT2D eigenvalue weighted by molar-refractivity contribution is -0.118. The fourth-order valence-electron chi connectivity index (χ4n) is 1.52. The van der Waals surface area contributed by atoms with E-state index in [1.54, 1.807) is 6.08 Å². The van der Waals surface area contributed by atoms with Crippen molar-refractivity contribution in [3.05, 3.63) is 12.2 Å². The zero-order valence-electron chi connectivity index (χ0n) is 12.0. The summed E-state index contributed by atoms with van der Waals surface area (Å²) in [6.07, 6.45) is 12.0. The minimum absolute atomic E-state index is 0.0328. The molecular weight excluding hydrogens is 210 g/mol. The van der Waals surface area contributed by atoms with Crippen molar-refractivity contribution in [3.63, 3.8) is 0 Å². The molecule has 0 aromatic heterocycles. The molecule has 2 heteroatoms. The molecular formula is C15H29NO. The van der Waals surface area contributed by atoms with Gasteiger partial charge in [-0.3, -0.25) is 4.79 Å². The molecule has 0 rings (SSSR count). The van der Waals surface area contributed by atoms with E-state index in [9.17, 15) is 4.79 Å². The Morgan fingerprint density at radius 3 is 2.35 bits per heavy atom. The summed E-state index contributed by atoms with van der Waals surface area (Å²) >= 11 is 0. The lowest BCUT2D eigenvalue weighted by atomic mass is 10.0. The standard InChI is InChI=1S/C15H29NO/c1-5-7-8-9-10-11-12-13-14(17)16-15(3,4)6-2/h12-13H,5-11H2,1-4H3,(H,16,17). The molecule has 0 aliphatic rings. The maximum absolute atomic E-state index is 11.6. The molecule has 0 aromatic rings. The van der Waals surface area contributed by atoms with Gasteiger partial charge in [-0.25, -0.2) is 0 Å². The number of carbonyl (C=O) groups excluding carboxylic acids is 1. The van der Waals surface area contributed by atoms with Crippen LogP contribution in [0.3, 0.4) is 0 Å². The third-order valence-corrected chi connectivity index (χ3v) is 3.09. The first-order chi connectivity index (χ1) is 8.02. The Bertz CT molecular complexity index is 231. The van der Waals surface area contributed by atoms with E-state index < -0.39 is 0 Å². The van der Waals surface area contributed by atoms with Crippen molar-refractivity contribution in [2.24, 2.45) is 0 Å². The normalized spacial score (nSPS) is 12.0. The average Bonchev–Trinajstić information content (AvgIpc) is 2.27. The maximum Gasteiger partial charge on any atom is 0.244 e. The SMILES string of the molecule is CCCCCCCC=CC(=O)NC(C)(C)CC. The molecule has 0 heterocycles. The monoisotopic (exact) mass is 239 g/mol. The van der Waals surface area contributed by atoms with Crippen LogP contribution in [0.5, 0.6) is 0 Å². The Hall–Kier alpha value is -0.790. The Labute approximate surface area is 107 Å². The van der Waals surface area contributed by atoms with E-state index in [1.807, 2.05) is 19.9 Å². The van der Waals surface area contributed by atoms with Crippen molar-refractivity contribution >= 4 is 5.91 Å². The summed E-state index contributed by atoms with van der Waals surface area (Å²) in [4.78, 5) is 11.6. The van der Waals surface area contributed by atoms with Crippen LogP contribution in [0.15, 0.2) is 12.2 Å². The summed E-state index contributed by atoms with van der Waals surface area (Å²) in [6.45, 7) is 8.39. The van der Waals surface area contributed by atoms with E-state index in [4.69, 9.17) is 0 Å². The lowest BCUT2D eigenvalue weighted by Gasteiger charge is -2.23. The molecule has 1 amide bonds. The van der Waals surface area contributed by atoms with Gasteiger partial charge in [-0.15, -0.1) is 0 Å². The van der Waals surface area contributed by atoms with E-state index in [1.165, 1.54) is 32.1 Å². The number of hydrogen-bond donors (Lipinski definition) is 1. The number of carbonyl (C=O) groups is 1. The van der Waals surface area contributed by atoms with Crippen molar-refractivity contribution in [1.29, 1.82) is 0 Å². The van der Waals surface area contributed by atoms with Crippen LogP contribution in [-0.2, 0) is 4.79 Å². The van der Waals surface area contributed by atoms with Crippen LogP contribution < -0.4 is 5.32 Å². The number of rotatable bonds is 9. The Morgan fingerprint density at radius 2 is 1.76 bits per heavy atom. The largest absolute Gasteiger partial charge is 0.348 e. The summed E-state index contributed by atoms with van der Waals surface area (Å²) in [6, 6.07) is 0. The number of hydrogen-bond acceptors (Lipinski definition) is 1. The average molecular weight is 239 g/mol. The van der Waals surface area contributed by atoms with Gasteiger partial charge in [0.1, 0.15) is 0 Å². The summed E-state index contributed by atoms with van der Waals surface area (Å²) < 4.78 is 0.